The summed E-state index contributed by atoms with van der Waals surface area (Å²) in [4.78, 5) is 0. The fourth-order valence-electron chi connectivity index (χ4n) is 1.95. The summed E-state index contributed by atoms with van der Waals surface area (Å²) >= 11 is 0. The van der Waals surface area contributed by atoms with E-state index in [4.69, 9.17) is 14.2 Å². The molecular formula is C14H18O3. The molecule has 0 atom stereocenters. The normalized spacial score (nSPS) is 21.1. The van der Waals surface area contributed by atoms with E-state index in [1.807, 2.05) is 32.9 Å². The average molecular weight is 234 g/mol. The van der Waals surface area contributed by atoms with E-state index in [2.05, 4.69) is 0 Å². The first-order valence-corrected chi connectivity index (χ1v) is 6.17. The largest absolute Gasteiger partial charge is 0.486 e. The summed E-state index contributed by atoms with van der Waals surface area (Å²) < 4.78 is 17.6. The number of fused-ring (bicyclic) bond motifs is 1. The summed E-state index contributed by atoms with van der Waals surface area (Å²) in [5.74, 6) is 2.40. The minimum Gasteiger partial charge on any atom is -0.486 e. The standard InChI is InChI=1S/C14H18O3/c1-9-6-11(16-10-4-5-10)13-12(7-9)17-14(2,3)8-15-13/h6-7,10H,4-5,8H2,1-3H3. The smallest absolute Gasteiger partial charge is 0.203 e. The lowest BCUT2D eigenvalue weighted by Crippen LogP contribution is -2.38. The Kier molecular flexibility index (Phi) is 2.25. The quantitative estimate of drug-likeness (QED) is 0.787. The van der Waals surface area contributed by atoms with Crippen molar-refractivity contribution in [1.82, 2.24) is 0 Å². The molecule has 0 aromatic heterocycles. The van der Waals surface area contributed by atoms with Gasteiger partial charge in [0, 0.05) is 0 Å². The first-order chi connectivity index (χ1) is 8.03. The van der Waals surface area contributed by atoms with E-state index in [1.54, 1.807) is 0 Å². The molecule has 0 spiro atoms. The van der Waals surface area contributed by atoms with Crippen molar-refractivity contribution in [2.45, 2.75) is 45.3 Å². The first-order valence-electron chi connectivity index (χ1n) is 6.17. The van der Waals surface area contributed by atoms with Crippen LogP contribution < -0.4 is 14.2 Å². The lowest BCUT2D eigenvalue weighted by molar-refractivity contribution is 0.0187. The van der Waals surface area contributed by atoms with Gasteiger partial charge in [-0.1, -0.05) is 0 Å². The van der Waals surface area contributed by atoms with Gasteiger partial charge in [-0.15, -0.1) is 0 Å². The van der Waals surface area contributed by atoms with Gasteiger partial charge in [-0.3, -0.25) is 0 Å². The van der Waals surface area contributed by atoms with Crippen LogP contribution in [0.15, 0.2) is 12.1 Å². The SMILES string of the molecule is Cc1cc(OC2CC2)c2c(c1)OC(C)(C)CO2. The first kappa shape index (κ1) is 10.8. The third kappa shape index (κ3) is 2.19. The molecule has 1 heterocycles. The van der Waals surface area contributed by atoms with Gasteiger partial charge in [0.05, 0.1) is 6.10 Å². The van der Waals surface area contributed by atoms with Gasteiger partial charge < -0.3 is 14.2 Å². The molecule has 0 N–H and O–H groups in total. The molecular weight excluding hydrogens is 216 g/mol. The molecule has 0 unspecified atom stereocenters. The molecule has 3 nitrogen and oxygen atoms in total. The second-order valence-electron chi connectivity index (χ2n) is 5.56. The average Bonchev–Trinajstić information content (AvgIpc) is 2.98. The van der Waals surface area contributed by atoms with Gasteiger partial charge in [-0.25, -0.2) is 0 Å². The Balaban J connectivity index is 1.97. The van der Waals surface area contributed by atoms with Gasteiger partial charge in [0.25, 0.3) is 0 Å². The minimum atomic E-state index is -0.266. The van der Waals surface area contributed by atoms with E-state index in [9.17, 15) is 0 Å². The minimum absolute atomic E-state index is 0.266. The van der Waals surface area contributed by atoms with Gasteiger partial charge in [-0.05, 0) is 51.3 Å². The maximum absolute atomic E-state index is 5.94. The predicted octanol–water partition coefficient (Wildman–Crippen LogP) is 3.09. The van der Waals surface area contributed by atoms with E-state index in [-0.39, 0.29) is 5.60 Å². The third-order valence-electron chi connectivity index (χ3n) is 2.93. The van der Waals surface area contributed by atoms with Crippen LogP contribution in [0.25, 0.3) is 0 Å². The van der Waals surface area contributed by atoms with Crippen molar-refractivity contribution >= 4 is 0 Å². The highest BCUT2D eigenvalue weighted by atomic mass is 16.6. The number of benzene rings is 1. The van der Waals surface area contributed by atoms with Crippen molar-refractivity contribution in [3.63, 3.8) is 0 Å². The van der Waals surface area contributed by atoms with E-state index in [0.717, 1.165) is 35.7 Å². The number of aryl methyl sites for hydroxylation is 1. The van der Waals surface area contributed by atoms with Gasteiger partial charge in [0.15, 0.2) is 11.5 Å². The van der Waals surface area contributed by atoms with Crippen LogP contribution in [0.5, 0.6) is 17.2 Å². The molecule has 3 heteroatoms. The summed E-state index contributed by atoms with van der Waals surface area (Å²) in [6.07, 6.45) is 2.67. The van der Waals surface area contributed by atoms with Crippen molar-refractivity contribution < 1.29 is 14.2 Å². The topological polar surface area (TPSA) is 27.7 Å². The van der Waals surface area contributed by atoms with E-state index in [0.29, 0.717) is 12.7 Å². The van der Waals surface area contributed by atoms with Crippen LogP contribution in [-0.2, 0) is 0 Å². The summed E-state index contributed by atoms with van der Waals surface area (Å²) in [7, 11) is 0. The molecule has 0 saturated heterocycles. The molecule has 3 rings (SSSR count). The Labute approximate surface area is 102 Å². The Hall–Kier alpha value is -1.38. The monoisotopic (exact) mass is 234 g/mol. The fraction of sp³-hybridized carbons (Fsp3) is 0.571. The molecule has 1 aromatic rings. The van der Waals surface area contributed by atoms with Crippen LogP contribution in [0.1, 0.15) is 32.3 Å². The van der Waals surface area contributed by atoms with Crippen LogP contribution >= 0.6 is 0 Å². The molecule has 0 bridgehead atoms. The molecule has 1 aliphatic carbocycles. The fourth-order valence-corrected chi connectivity index (χ4v) is 1.95. The van der Waals surface area contributed by atoms with Crippen LogP contribution in [0, 0.1) is 6.92 Å². The van der Waals surface area contributed by atoms with Crippen LogP contribution in [0.4, 0.5) is 0 Å². The lowest BCUT2D eigenvalue weighted by atomic mass is 10.1. The Bertz CT molecular complexity index is 430. The molecule has 1 saturated carbocycles. The molecule has 1 aromatic carbocycles. The van der Waals surface area contributed by atoms with Gasteiger partial charge in [-0.2, -0.15) is 0 Å². The number of rotatable bonds is 2. The molecule has 2 aliphatic rings. The highest BCUT2D eigenvalue weighted by molar-refractivity contribution is 5.54. The van der Waals surface area contributed by atoms with Crippen LogP contribution in [0.3, 0.4) is 0 Å². The molecule has 17 heavy (non-hydrogen) atoms. The summed E-state index contributed by atoms with van der Waals surface area (Å²) in [6.45, 7) is 6.66. The highest BCUT2D eigenvalue weighted by Gasteiger charge is 2.32. The van der Waals surface area contributed by atoms with Crippen LogP contribution in [-0.4, -0.2) is 18.3 Å². The van der Waals surface area contributed by atoms with Gasteiger partial charge >= 0.3 is 0 Å². The summed E-state index contributed by atoms with van der Waals surface area (Å²) in [5, 5.41) is 0. The second-order valence-corrected chi connectivity index (χ2v) is 5.56. The van der Waals surface area contributed by atoms with Crippen molar-refractivity contribution in [3.05, 3.63) is 17.7 Å². The number of hydrogen-bond donors (Lipinski definition) is 0. The zero-order chi connectivity index (χ0) is 12.0. The highest BCUT2D eigenvalue weighted by Crippen LogP contribution is 2.45. The van der Waals surface area contributed by atoms with Crippen molar-refractivity contribution in [1.29, 1.82) is 0 Å². The second kappa shape index (κ2) is 3.56. The molecule has 92 valence electrons. The van der Waals surface area contributed by atoms with E-state index >= 15 is 0 Å². The summed E-state index contributed by atoms with van der Waals surface area (Å²) in [6, 6.07) is 4.04. The zero-order valence-electron chi connectivity index (χ0n) is 10.6. The van der Waals surface area contributed by atoms with Crippen molar-refractivity contribution in [3.8, 4) is 17.2 Å². The van der Waals surface area contributed by atoms with Gasteiger partial charge in [0.2, 0.25) is 5.75 Å². The van der Waals surface area contributed by atoms with Crippen molar-refractivity contribution in [2.75, 3.05) is 6.61 Å². The Morgan fingerprint density at radius 3 is 2.76 bits per heavy atom. The number of hydrogen-bond acceptors (Lipinski definition) is 3. The van der Waals surface area contributed by atoms with Gasteiger partial charge in [0.1, 0.15) is 12.2 Å². The number of ether oxygens (including phenoxy) is 3. The summed E-state index contributed by atoms with van der Waals surface area (Å²) in [5.41, 5.74) is 0.873. The third-order valence-corrected chi connectivity index (χ3v) is 2.93. The molecule has 0 radical (unpaired) electrons. The predicted molar refractivity (Wildman–Crippen MR) is 65.0 cm³/mol. The molecule has 0 amide bonds. The Morgan fingerprint density at radius 1 is 1.29 bits per heavy atom. The van der Waals surface area contributed by atoms with Crippen molar-refractivity contribution in [2.24, 2.45) is 0 Å². The zero-order valence-corrected chi connectivity index (χ0v) is 10.6. The molecule has 1 fully saturated rings. The maximum atomic E-state index is 5.94. The molecule has 1 aliphatic heterocycles. The van der Waals surface area contributed by atoms with E-state index in [1.165, 1.54) is 0 Å². The van der Waals surface area contributed by atoms with E-state index < -0.39 is 0 Å². The Morgan fingerprint density at radius 2 is 2.06 bits per heavy atom. The van der Waals surface area contributed by atoms with Crippen LogP contribution in [0.2, 0.25) is 0 Å². The maximum Gasteiger partial charge on any atom is 0.203 e. The lowest BCUT2D eigenvalue weighted by Gasteiger charge is -2.33.